The monoisotopic (exact) mass is 406 g/mol. The highest BCUT2D eigenvalue weighted by Crippen LogP contribution is 2.36. The van der Waals surface area contributed by atoms with Gasteiger partial charge in [-0.05, 0) is 43.3 Å². The van der Waals surface area contributed by atoms with Gasteiger partial charge in [-0.25, -0.2) is 8.42 Å². The third-order valence-electron chi connectivity index (χ3n) is 3.33. The Kier molecular flexibility index (Phi) is 5.19. The lowest BCUT2D eigenvalue weighted by Gasteiger charge is -2.24. The van der Waals surface area contributed by atoms with Gasteiger partial charge in [0.15, 0.2) is 5.75 Å². The highest BCUT2D eigenvalue weighted by atomic mass is 35.5. The predicted octanol–water partition coefficient (Wildman–Crippen LogP) is 2.09. The fourth-order valence-corrected chi connectivity index (χ4v) is 4.56. The summed E-state index contributed by atoms with van der Waals surface area (Å²) in [6.07, 6.45) is 0. The fraction of sp³-hybridized carbons (Fsp3) is 0.143. The van der Waals surface area contributed by atoms with Crippen molar-refractivity contribution in [2.24, 2.45) is 0 Å². The summed E-state index contributed by atoms with van der Waals surface area (Å²) in [5, 5.41) is 9.78. The lowest BCUT2D eigenvalue weighted by Crippen LogP contribution is -2.31. The molecule has 2 aromatic rings. The second kappa shape index (κ2) is 6.71. The molecule has 25 heavy (non-hydrogen) atoms. The number of hydrogen-bond acceptors (Lipinski definition) is 6. The summed E-state index contributed by atoms with van der Waals surface area (Å²) in [7, 11) is -8.62. The van der Waals surface area contributed by atoms with E-state index < -0.39 is 30.8 Å². The van der Waals surface area contributed by atoms with Gasteiger partial charge in [0.2, 0.25) is 0 Å². The number of sulfonamides is 1. The Labute approximate surface area is 150 Å². The molecule has 0 saturated heterocycles. The number of hydrogen-bond donors (Lipinski definition) is 3. The van der Waals surface area contributed by atoms with Gasteiger partial charge in [0, 0.05) is 12.2 Å². The molecule has 0 saturated carbocycles. The Hall–Kier alpha value is -2.01. The first-order valence-corrected chi connectivity index (χ1v) is 10.1. The molecular formula is C14H15ClN2O6S2. The van der Waals surface area contributed by atoms with Crippen molar-refractivity contribution < 1.29 is 26.5 Å². The van der Waals surface area contributed by atoms with Crippen LogP contribution in [0.3, 0.4) is 0 Å². The maximum atomic E-state index is 12.9. The summed E-state index contributed by atoms with van der Waals surface area (Å²) >= 11 is 5.78. The molecule has 0 radical (unpaired) electrons. The molecule has 0 aliphatic heterocycles. The van der Waals surface area contributed by atoms with Crippen molar-refractivity contribution in [2.75, 3.05) is 16.6 Å². The number of phenolic OH excluding ortho intramolecular Hbond substituents is 1. The first-order chi connectivity index (χ1) is 11.5. The van der Waals surface area contributed by atoms with Gasteiger partial charge in [-0.15, -0.1) is 0 Å². The van der Waals surface area contributed by atoms with Crippen LogP contribution in [-0.4, -0.2) is 33.0 Å². The summed E-state index contributed by atoms with van der Waals surface area (Å²) in [6.45, 7) is 1.54. The molecule has 0 aliphatic carbocycles. The van der Waals surface area contributed by atoms with Crippen molar-refractivity contribution in [2.45, 2.75) is 16.7 Å². The van der Waals surface area contributed by atoms with E-state index in [1.165, 1.54) is 18.2 Å². The van der Waals surface area contributed by atoms with E-state index in [0.29, 0.717) is 0 Å². The average molecular weight is 407 g/mol. The molecule has 4 N–H and O–H groups in total. The van der Waals surface area contributed by atoms with E-state index in [2.05, 4.69) is 0 Å². The van der Waals surface area contributed by atoms with Crippen molar-refractivity contribution in [3.63, 3.8) is 0 Å². The molecule has 136 valence electrons. The number of nitrogens with two attached hydrogens (primary N) is 1. The van der Waals surface area contributed by atoms with E-state index in [1.54, 1.807) is 6.92 Å². The SMILES string of the molecule is CCN(c1ccc(S(=O)(=O)O)cc1)S(=O)(=O)c1cc(N)cc(Cl)c1O. The normalized spacial score (nSPS) is 12.1. The van der Waals surface area contributed by atoms with Crippen LogP contribution in [0.1, 0.15) is 6.92 Å². The minimum atomic E-state index is -4.40. The lowest BCUT2D eigenvalue weighted by molar-refractivity contribution is 0.459. The van der Waals surface area contributed by atoms with Crippen LogP contribution in [0.2, 0.25) is 5.02 Å². The van der Waals surface area contributed by atoms with Crippen molar-refractivity contribution in [1.29, 1.82) is 0 Å². The number of rotatable bonds is 5. The van der Waals surface area contributed by atoms with Crippen molar-refractivity contribution >= 4 is 43.1 Å². The molecule has 0 amide bonds. The maximum Gasteiger partial charge on any atom is 0.294 e. The van der Waals surface area contributed by atoms with Crippen LogP contribution < -0.4 is 10.0 Å². The molecule has 0 bridgehead atoms. The van der Waals surface area contributed by atoms with E-state index in [0.717, 1.165) is 22.5 Å². The topological polar surface area (TPSA) is 138 Å². The van der Waals surface area contributed by atoms with Gasteiger partial charge < -0.3 is 10.8 Å². The zero-order valence-electron chi connectivity index (χ0n) is 12.9. The van der Waals surface area contributed by atoms with Crippen LogP contribution in [0.25, 0.3) is 0 Å². The number of phenols is 1. The largest absolute Gasteiger partial charge is 0.505 e. The molecule has 2 rings (SSSR count). The summed E-state index contributed by atoms with van der Waals surface area (Å²) < 4.78 is 57.8. The van der Waals surface area contributed by atoms with Gasteiger partial charge in [0.1, 0.15) is 4.90 Å². The summed E-state index contributed by atoms with van der Waals surface area (Å²) in [4.78, 5) is -0.849. The summed E-state index contributed by atoms with van der Waals surface area (Å²) in [5.74, 6) is -0.635. The van der Waals surface area contributed by atoms with Gasteiger partial charge in [0.25, 0.3) is 20.1 Å². The van der Waals surface area contributed by atoms with Crippen LogP contribution in [0.15, 0.2) is 46.2 Å². The van der Waals surface area contributed by atoms with Crippen LogP contribution in [0, 0.1) is 0 Å². The van der Waals surface area contributed by atoms with Crippen LogP contribution in [-0.2, 0) is 20.1 Å². The minimum absolute atomic E-state index is 0.0145. The quantitative estimate of drug-likeness (QED) is 0.392. The zero-order chi connectivity index (χ0) is 19.0. The van der Waals surface area contributed by atoms with E-state index in [4.69, 9.17) is 21.9 Å². The highest BCUT2D eigenvalue weighted by Gasteiger charge is 2.28. The molecule has 0 aromatic heterocycles. The molecule has 0 unspecified atom stereocenters. The molecule has 0 fully saturated rings. The summed E-state index contributed by atoms with van der Waals surface area (Å²) in [6, 6.07) is 6.85. The van der Waals surface area contributed by atoms with E-state index in [-0.39, 0.29) is 27.8 Å². The molecular weight excluding hydrogens is 392 g/mol. The number of benzene rings is 2. The van der Waals surface area contributed by atoms with E-state index in [1.807, 2.05) is 0 Å². The van der Waals surface area contributed by atoms with Gasteiger partial charge in [-0.3, -0.25) is 8.86 Å². The Morgan fingerprint density at radius 3 is 2.16 bits per heavy atom. The maximum absolute atomic E-state index is 12.9. The van der Waals surface area contributed by atoms with Crippen molar-refractivity contribution in [3.8, 4) is 5.75 Å². The molecule has 8 nitrogen and oxygen atoms in total. The van der Waals surface area contributed by atoms with E-state index >= 15 is 0 Å². The Morgan fingerprint density at radius 1 is 1.12 bits per heavy atom. The molecule has 2 aromatic carbocycles. The lowest BCUT2D eigenvalue weighted by atomic mass is 10.3. The standard InChI is InChI=1S/C14H15ClN2O6S2/c1-2-17(10-3-5-11(6-4-10)25(21,22)23)24(19,20)13-8-9(16)7-12(15)14(13)18/h3-8,18H,2,16H2,1H3,(H,21,22,23). The van der Waals surface area contributed by atoms with Gasteiger partial charge in [0.05, 0.1) is 15.6 Å². The van der Waals surface area contributed by atoms with Crippen molar-refractivity contribution in [1.82, 2.24) is 0 Å². The smallest absolute Gasteiger partial charge is 0.294 e. The van der Waals surface area contributed by atoms with Crippen LogP contribution in [0.4, 0.5) is 11.4 Å². The Balaban J connectivity index is 2.57. The van der Waals surface area contributed by atoms with E-state index in [9.17, 15) is 21.9 Å². The minimum Gasteiger partial charge on any atom is -0.505 e. The number of nitrogen functional groups attached to an aromatic ring is 1. The first kappa shape index (κ1) is 19.3. The number of aromatic hydroxyl groups is 1. The third-order valence-corrected chi connectivity index (χ3v) is 6.40. The number of nitrogens with zero attached hydrogens (tertiary/aromatic N) is 1. The second-order valence-electron chi connectivity index (χ2n) is 4.99. The number of anilines is 2. The van der Waals surface area contributed by atoms with Gasteiger partial charge >= 0.3 is 0 Å². The first-order valence-electron chi connectivity index (χ1n) is 6.86. The molecule has 11 heteroatoms. The Morgan fingerprint density at radius 2 is 1.68 bits per heavy atom. The molecule has 0 atom stereocenters. The number of halogens is 1. The second-order valence-corrected chi connectivity index (χ2v) is 8.65. The zero-order valence-corrected chi connectivity index (χ0v) is 15.3. The predicted molar refractivity (Wildman–Crippen MR) is 94.0 cm³/mol. The summed E-state index contributed by atoms with van der Waals surface area (Å²) in [5.41, 5.74) is 5.79. The average Bonchev–Trinajstić information content (AvgIpc) is 2.50. The fourth-order valence-electron chi connectivity index (χ4n) is 2.18. The molecule has 0 heterocycles. The highest BCUT2D eigenvalue weighted by molar-refractivity contribution is 7.93. The molecule has 0 aliphatic rings. The van der Waals surface area contributed by atoms with Crippen molar-refractivity contribution in [3.05, 3.63) is 41.4 Å². The molecule has 0 spiro atoms. The Bertz CT molecular complexity index is 1000. The van der Waals surface area contributed by atoms with Crippen LogP contribution >= 0.6 is 11.6 Å². The van der Waals surface area contributed by atoms with Crippen LogP contribution in [0.5, 0.6) is 5.75 Å². The van der Waals surface area contributed by atoms with Gasteiger partial charge in [-0.2, -0.15) is 8.42 Å². The third kappa shape index (κ3) is 3.82. The van der Waals surface area contributed by atoms with Gasteiger partial charge in [-0.1, -0.05) is 11.6 Å².